The Morgan fingerprint density at radius 1 is 0.828 bits per heavy atom. The van der Waals surface area contributed by atoms with Gasteiger partial charge in [-0.2, -0.15) is 0 Å². The minimum absolute atomic E-state index is 0.140. The van der Waals surface area contributed by atoms with Gasteiger partial charge in [-0.15, -0.1) is 0 Å². The Morgan fingerprint density at radius 2 is 1.34 bits per heavy atom. The van der Waals surface area contributed by atoms with Crippen LogP contribution in [-0.4, -0.2) is 9.91 Å². The summed E-state index contributed by atoms with van der Waals surface area (Å²) >= 11 is 0. The first kappa shape index (κ1) is 18.4. The maximum Gasteiger partial charge on any atom is 0.334 e. The van der Waals surface area contributed by atoms with Crippen molar-refractivity contribution in [3.8, 4) is 0 Å². The van der Waals surface area contributed by atoms with Crippen molar-refractivity contribution in [2.75, 3.05) is 10.6 Å². The molecule has 0 atom stereocenters. The number of anilines is 2. The lowest BCUT2D eigenvalue weighted by Gasteiger charge is -2.25. The van der Waals surface area contributed by atoms with E-state index in [1.807, 2.05) is 77.7 Å². The summed E-state index contributed by atoms with van der Waals surface area (Å²) in [5.74, 6) is 0.277. The lowest BCUT2D eigenvalue weighted by molar-refractivity contribution is -0.383. The number of nitro groups is 1. The van der Waals surface area contributed by atoms with Crippen LogP contribution in [0, 0.1) is 10.1 Å². The van der Waals surface area contributed by atoms with Gasteiger partial charge in [0.05, 0.1) is 10.4 Å². The molecule has 0 amide bonds. The summed E-state index contributed by atoms with van der Waals surface area (Å²) in [6.45, 7) is 0.947. The molecular formula is C23H20N4O2. The largest absolute Gasteiger partial charge is 0.392 e. The molecule has 0 spiro atoms. The van der Waals surface area contributed by atoms with Gasteiger partial charge in [-0.25, -0.2) is 4.98 Å². The summed E-state index contributed by atoms with van der Waals surface area (Å²) in [5.41, 5.74) is 8.92. The van der Waals surface area contributed by atoms with Gasteiger partial charge in [-0.05, 0) is 17.2 Å². The topological polar surface area (TPSA) is 85.3 Å². The third-order valence-electron chi connectivity index (χ3n) is 4.80. The van der Waals surface area contributed by atoms with Crippen molar-refractivity contribution < 1.29 is 4.92 Å². The molecule has 0 fully saturated rings. The molecule has 0 bridgehead atoms. The second-order valence-corrected chi connectivity index (χ2v) is 6.80. The fourth-order valence-electron chi connectivity index (χ4n) is 3.43. The van der Waals surface area contributed by atoms with Gasteiger partial charge in [-0.3, -0.25) is 10.1 Å². The SMILES string of the molecule is Nc1c([N+](=O)[O-])c(N(Cc2ccccc2)Cc2ccccc2)nc2ccccc12. The quantitative estimate of drug-likeness (QED) is 0.376. The molecule has 0 radical (unpaired) electrons. The van der Waals surface area contributed by atoms with Crippen molar-refractivity contribution in [3.63, 3.8) is 0 Å². The van der Waals surface area contributed by atoms with Crippen LogP contribution >= 0.6 is 0 Å². The number of para-hydroxylation sites is 1. The van der Waals surface area contributed by atoms with Crippen LogP contribution in [0.4, 0.5) is 17.2 Å². The maximum atomic E-state index is 12.0. The lowest BCUT2D eigenvalue weighted by Crippen LogP contribution is -2.24. The number of rotatable bonds is 6. The Balaban J connectivity index is 1.87. The van der Waals surface area contributed by atoms with E-state index in [0.717, 1.165) is 11.1 Å². The standard InChI is InChI=1S/C23H20N4O2/c24-21-19-13-7-8-14-20(19)25-23(22(21)27(28)29)26(15-17-9-3-1-4-10-17)16-18-11-5-2-6-12-18/h1-14H,15-16H2,(H2,24,25). The smallest absolute Gasteiger partial charge is 0.334 e. The Morgan fingerprint density at radius 3 is 1.90 bits per heavy atom. The molecular weight excluding hydrogens is 364 g/mol. The zero-order valence-corrected chi connectivity index (χ0v) is 15.7. The summed E-state index contributed by atoms with van der Waals surface area (Å²) in [6.07, 6.45) is 0. The fourth-order valence-corrected chi connectivity index (χ4v) is 3.43. The number of nitrogens with two attached hydrogens (primary N) is 1. The van der Waals surface area contributed by atoms with Gasteiger partial charge in [0.2, 0.25) is 5.82 Å². The Kier molecular flexibility index (Phi) is 5.07. The second kappa shape index (κ2) is 7.98. The molecule has 1 heterocycles. The van der Waals surface area contributed by atoms with E-state index in [1.54, 1.807) is 12.1 Å². The van der Waals surface area contributed by atoms with E-state index in [9.17, 15) is 10.1 Å². The average molecular weight is 384 g/mol. The highest BCUT2D eigenvalue weighted by Crippen LogP contribution is 2.38. The third-order valence-corrected chi connectivity index (χ3v) is 4.80. The molecule has 29 heavy (non-hydrogen) atoms. The molecule has 4 aromatic rings. The number of fused-ring (bicyclic) bond motifs is 1. The number of pyridine rings is 1. The van der Waals surface area contributed by atoms with E-state index in [4.69, 9.17) is 5.73 Å². The van der Waals surface area contributed by atoms with Gasteiger partial charge in [0.1, 0.15) is 5.69 Å². The van der Waals surface area contributed by atoms with Crippen LogP contribution in [0.25, 0.3) is 10.9 Å². The average Bonchev–Trinajstić information content (AvgIpc) is 2.74. The number of benzene rings is 3. The van der Waals surface area contributed by atoms with Crippen molar-refractivity contribution in [2.45, 2.75) is 13.1 Å². The van der Waals surface area contributed by atoms with Crippen molar-refractivity contribution >= 4 is 28.1 Å². The first-order valence-electron chi connectivity index (χ1n) is 9.29. The van der Waals surface area contributed by atoms with Gasteiger partial charge in [-0.1, -0.05) is 78.9 Å². The van der Waals surface area contributed by atoms with E-state index < -0.39 is 4.92 Å². The number of nitrogens with zero attached hydrogens (tertiary/aromatic N) is 3. The molecule has 0 saturated heterocycles. The van der Waals surface area contributed by atoms with Crippen molar-refractivity contribution in [1.82, 2.24) is 4.98 Å². The molecule has 6 nitrogen and oxygen atoms in total. The highest BCUT2D eigenvalue weighted by atomic mass is 16.6. The molecule has 4 rings (SSSR count). The molecule has 0 aliphatic carbocycles. The fraction of sp³-hybridized carbons (Fsp3) is 0.0870. The third kappa shape index (κ3) is 3.87. The van der Waals surface area contributed by atoms with E-state index in [0.29, 0.717) is 24.0 Å². The van der Waals surface area contributed by atoms with Gasteiger partial charge < -0.3 is 10.6 Å². The lowest BCUT2D eigenvalue weighted by atomic mass is 10.1. The van der Waals surface area contributed by atoms with Gasteiger partial charge in [0.25, 0.3) is 0 Å². The number of aromatic nitrogens is 1. The molecule has 0 aliphatic rings. The van der Waals surface area contributed by atoms with E-state index in [1.165, 1.54) is 0 Å². The van der Waals surface area contributed by atoms with Crippen LogP contribution in [0.15, 0.2) is 84.9 Å². The highest BCUT2D eigenvalue weighted by Gasteiger charge is 2.27. The van der Waals surface area contributed by atoms with Gasteiger partial charge in [0, 0.05) is 18.5 Å². The molecule has 0 unspecified atom stereocenters. The van der Waals surface area contributed by atoms with Crippen LogP contribution in [-0.2, 0) is 13.1 Å². The zero-order valence-electron chi connectivity index (χ0n) is 15.7. The van der Waals surface area contributed by atoms with Crippen molar-refractivity contribution in [1.29, 1.82) is 0 Å². The van der Waals surface area contributed by atoms with Gasteiger partial charge >= 0.3 is 5.69 Å². The van der Waals surface area contributed by atoms with Crippen LogP contribution < -0.4 is 10.6 Å². The Hall–Kier alpha value is -3.93. The molecule has 2 N–H and O–H groups in total. The number of hydrogen-bond donors (Lipinski definition) is 1. The van der Waals surface area contributed by atoms with Gasteiger partial charge in [0.15, 0.2) is 0 Å². The predicted molar refractivity (Wildman–Crippen MR) is 116 cm³/mol. The molecule has 0 saturated carbocycles. The summed E-state index contributed by atoms with van der Waals surface area (Å²) in [5, 5.41) is 12.5. The van der Waals surface area contributed by atoms with Crippen LogP contribution in [0.5, 0.6) is 0 Å². The van der Waals surface area contributed by atoms with Crippen LogP contribution in [0.1, 0.15) is 11.1 Å². The number of nitrogen functional groups attached to an aromatic ring is 1. The van der Waals surface area contributed by atoms with E-state index >= 15 is 0 Å². The Labute approximate surface area is 168 Å². The summed E-state index contributed by atoms with van der Waals surface area (Å²) < 4.78 is 0. The van der Waals surface area contributed by atoms with E-state index in [-0.39, 0.29) is 17.2 Å². The minimum Gasteiger partial charge on any atom is -0.392 e. The Bertz CT molecular complexity index is 1110. The first-order valence-corrected chi connectivity index (χ1v) is 9.29. The molecule has 144 valence electrons. The monoisotopic (exact) mass is 384 g/mol. The molecule has 6 heteroatoms. The zero-order chi connectivity index (χ0) is 20.2. The normalized spacial score (nSPS) is 10.8. The van der Waals surface area contributed by atoms with Crippen molar-refractivity contribution in [2.24, 2.45) is 0 Å². The summed E-state index contributed by atoms with van der Waals surface area (Å²) in [6, 6.07) is 26.9. The summed E-state index contributed by atoms with van der Waals surface area (Å²) in [7, 11) is 0. The molecule has 1 aromatic heterocycles. The minimum atomic E-state index is -0.437. The molecule has 0 aliphatic heterocycles. The van der Waals surface area contributed by atoms with Crippen LogP contribution in [0.2, 0.25) is 0 Å². The predicted octanol–water partition coefficient (Wildman–Crippen LogP) is 4.93. The van der Waals surface area contributed by atoms with Crippen molar-refractivity contribution in [3.05, 3.63) is 106 Å². The maximum absolute atomic E-state index is 12.0. The number of hydrogen-bond acceptors (Lipinski definition) is 5. The highest BCUT2D eigenvalue weighted by molar-refractivity contribution is 5.98. The molecule has 3 aromatic carbocycles. The summed E-state index contributed by atoms with van der Waals surface area (Å²) in [4.78, 5) is 18.1. The van der Waals surface area contributed by atoms with Crippen LogP contribution in [0.3, 0.4) is 0 Å². The van der Waals surface area contributed by atoms with E-state index in [2.05, 4.69) is 4.98 Å². The first-order chi connectivity index (χ1) is 14.1. The second-order valence-electron chi connectivity index (χ2n) is 6.80.